The molecule has 0 aromatic rings. The second-order valence-electron chi connectivity index (χ2n) is 2.41. The molecule has 0 aliphatic heterocycles. The molecule has 0 aliphatic rings. The topological polar surface area (TPSA) is 29.5 Å². The van der Waals surface area contributed by atoms with E-state index in [2.05, 4.69) is 6.92 Å². The normalized spacial score (nSPS) is 17.3. The second kappa shape index (κ2) is 3.85. The molecule has 2 nitrogen and oxygen atoms in total. The minimum atomic E-state index is -0.872. The van der Waals surface area contributed by atoms with Crippen LogP contribution in [-0.4, -0.2) is 24.4 Å². The van der Waals surface area contributed by atoms with Crippen LogP contribution >= 0.6 is 0 Å². The van der Waals surface area contributed by atoms with E-state index in [0.717, 1.165) is 6.42 Å². The Labute approximate surface area is 56.8 Å². The number of hydrogen-bond acceptors (Lipinski definition) is 2. The molecule has 0 fully saturated rings. The maximum absolute atomic E-state index is 9.28. The van der Waals surface area contributed by atoms with Gasteiger partial charge in [-0.25, -0.2) is 0 Å². The van der Waals surface area contributed by atoms with Gasteiger partial charge in [0.05, 0.1) is 12.2 Å². The van der Waals surface area contributed by atoms with Gasteiger partial charge in [0.25, 0.3) is 0 Å². The van der Waals surface area contributed by atoms with Gasteiger partial charge in [-0.05, 0) is 13.3 Å². The molecule has 1 N–H and O–H groups in total. The number of rotatable bonds is 4. The maximum atomic E-state index is 9.28. The van der Waals surface area contributed by atoms with Crippen molar-refractivity contribution in [1.82, 2.24) is 0 Å². The molecular weight excluding hydrogens is 116 g/mol. The molecule has 0 saturated carbocycles. The van der Waals surface area contributed by atoms with Gasteiger partial charge in [-0.15, -0.1) is 0 Å². The van der Waals surface area contributed by atoms with Crippen LogP contribution in [0, 0.1) is 6.92 Å². The zero-order chi connectivity index (χ0) is 7.33. The number of ether oxygens (including phenoxy) is 1. The molecule has 0 bridgehead atoms. The number of hydrogen-bond donors (Lipinski definition) is 1. The molecule has 0 aromatic carbocycles. The van der Waals surface area contributed by atoms with Crippen LogP contribution in [0.4, 0.5) is 0 Å². The van der Waals surface area contributed by atoms with E-state index in [4.69, 9.17) is 4.74 Å². The summed E-state index contributed by atoms with van der Waals surface area (Å²) in [5.41, 5.74) is -0.872. The fourth-order valence-electron chi connectivity index (χ4n) is 0.806. The molecule has 1 unspecified atom stereocenters. The molecule has 1 atom stereocenters. The Morgan fingerprint density at radius 1 is 1.67 bits per heavy atom. The minimum Gasteiger partial charge on any atom is -0.387 e. The molecule has 0 saturated heterocycles. The first-order chi connectivity index (χ1) is 4.12. The summed E-state index contributed by atoms with van der Waals surface area (Å²) < 4.78 is 4.75. The van der Waals surface area contributed by atoms with E-state index >= 15 is 0 Å². The lowest BCUT2D eigenvalue weighted by atomic mass is 10.0. The highest BCUT2D eigenvalue weighted by Gasteiger charge is 2.17. The van der Waals surface area contributed by atoms with E-state index in [-0.39, 0.29) is 0 Å². The summed E-state index contributed by atoms with van der Waals surface area (Å²) in [5, 5.41) is 9.28. The molecule has 0 amide bonds. The first kappa shape index (κ1) is 8.92. The Bertz CT molecular complexity index is 61.3. The van der Waals surface area contributed by atoms with Crippen LogP contribution in [-0.2, 0) is 4.74 Å². The van der Waals surface area contributed by atoms with Crippen molar-refractivity contribution in [1.29, 1.82) is 0 Å². The zero-order valence-electron chi connectivity index (χ0n) is 6.18. The van der Waals surface area contributed by atoms with Gasteiger partial charge in [-0.1, -0.05) is 13.3 Å². The summed E-state index contributed by atoms with van der Waals surface area (Å²) in [7, 11) is 1.56. The van der Waals surface area contributed by atoms with Crippen molar-refractivity contribution in [3.63, 3.8) is 0 Å². The van der Waals surface area contributed by atoms with Gasteiger partial charge in [0.2, 0.25) is 0 Å². The second-order valence-corrected chi connectivity index (χ2v) is 2.41. The van der Waals surface area contributed by atoms with Gasteiger partial charge in [0.1, 0.15) is 0 Å². The quantitative estimate of drug-likeness (QED) is 0.616. The van der Waals surface area contributed by atoms with E-state index in [0.29, 0.717) is 13.0 Å². The first-order valence-electron chi connectivity index (χ1n) is 3.19. The Hall–Kier alpha value is -0.0800. The fraction of sp³-hybridized carbons (Fsp3) is 0.857. The molecule has 0 aromatic heterocycles. The van der Waals surface area contributed by atoms with Crippen LogP contribution in [0.2, 0.25) is 0 Å². The van der Waals surface area contributed by atoms with Crippen molar-refractivity contribution in [2.75, 3.05) is 13.7 Å². The van der Waals surface area contributed by atoms with Crippen molar-refractivity contribution in [2.45, 2.75) is 25.4 Å². The predicted octanol–water partition coefficient (Wildman–Crippen LogP) is 0.998. The van der Waals surface area contributed by atoms with Gasteiger partial charge in [0.15, 0.2) is 0 Å². The monoisotopic (exact) mass is 131 g/mol. The SMILES string of the molecule is [CH2]C(O)(CCC)COC. The van der Waals surface area contributed by atoms with Gasteiger partial charge >= 0.3 is 0 Å². The largest absolute Gasteiger partial charge is 0.387 e. The smallest absolute Gasteiger partial charge is 0.0881 e. The summed E-state index contributed by atoms with van der Waals surface area (Å²) in [6.07, 6.45) is 1.63. The number of aliphatic hydroxyl groups is 1. The van der Waals surface area contributed by atoms with Crippen LogP contribution in [0.15, 0.2) is 0 Å². The summed E-state index contributed by atoms with van der Waals surface area (Å²) >= 11 is 0. The third-order valence-corrected chi connectivity index (χ3v) is 1.13. The summed E-state index contributed by atoms with van der Waals surface area (Å²) in [5.74, 6) is 0. The Morgan fingerprint density at radius 2 is 2.22 bits per heavy atom. The lowest BCUT2D eigenvalue weighted by Gasteiger charge is -2.20. The van der Waals surface area contributed by atoms with Gasteiger partial charge in [-0.2, -0.15) is 0 Å². The van der Waals surface area contributed by atoms with Crippen LogP contribution in [0.1, 0.15) is 19.8 Å². The maximum Gasteiger partial charge on any atom is 0.0881 e. The third-order valence-electron chi connectivity index (χ3n) is 1.13. The van der Waals surface area contributed by atoms with E-state index in [1.54, 1.807) is 7.11 Å². The van der Waals surface area contributed by atoms with Gasteiger partial charge in [-0.3, -0.25) is 0 Å². The minimum absolute atomic E-state index is 0.320. The molecule has 0 spiro atoms. The van der Waals surface area contributed by atoms with Gasteiger partial charge < -0.3 is 9.84 Å². The van der Waals surface area contributed by atoms with Crippen molar-refractivity contribution in [3.05, 3.63) is 6.92 Å². The van der Waals surface area contributed by atoms with E-state index in [9.17, 15) is 5.11 Å². The third kappa shape index (κ3) is 4.43. The summed E-state index contributed by atoms with van der Waals surface area (Å²) in [4.78, 5) is 0. The lowest BCUT2D eigenvalue weighted by molar-refractivity contribution is -0.00250. The standard InChI is InChI=1S/C7H15O2/c1-4-5-7(2,8)6-9-3/h8H,2,4-6H2,1,3H3. The highest BCUT2D eigenvalue weighted by Crippen LogP contribution is 2.10. The van der Waals surface area contributed by atoms with Crippen molar-refractivity contribution in [3.8, 4) is 0 Å². The summed E-state index contributed by atoms with van der Waals surface area (Å²) in [6, 6.07) is 0. The van der Waals surface area contributed by atoms with Crippen molar-refractivity contribution >= 4 is 0 Å². The highest BCUT2D eigenvalue weighted by molar-refractivity contribution is 4.79. The summed E-state index contributed by atoms with van der Waals surface area (Å²) in [6.45, 7) is 5.91. The molecule has 9 heavy (non-hydrogen) atoms. The van der Waals surface area contributed by atoms with Crippen molar-refractivity contribution in [2.24, 2.45) is 0 Å². The Balaban J connectivity index is 3.43. The van der Waals surface area contributed by atoms with E-state index < -0.39 is 5.60 Å². The van der Waals surface area contributed by atoms with Gasteiger partial charge in [0, 0.05) is 7.11 Å². The van der Waals surface area contributed by atoms with Crippen LogP contribution in [0.25, 0.3) is 0 Å². The Kier molecular flexibility index (Phi) is 3.82. The highest BCUT2D eigenvalue weighted by atomic mass is 16.5. The van der Waals surface area contributed by atoms with Crippen LogP contribution < -0.4 is 0 Å². The molecule has 0 aliphatic carbocycles. The molecular formula is C7H15O2. The van der Waals surface area contributed by atoms with Crippen LogP contribution in [0.3, 0.4) is 0 Å². The van der Waals surface area contributed by atoms with Crippen molar-refractivity contribution < 1.29 is 9.84 Å². The molecule has 2 heteroatoms. The average Bonchev–Trinajstić information content (AvgIpc) is 1.64. The molecule has 1 radical (unpaired) electrons. The lowest BCUT2D eigenvalue weighted by Crippen LogP contribution is -2.29. The molecule has 55 valence electrons. The number of methoxy groups -OCH3 is 1. The van der Waals surface area contributed by atoms with E-state index in [1.165, 1.54) is 0 Å². The molecule has 0 heterocycles. The average molecular weight is 131 g/mol. The van der Waals surface area contributed by atoms with E-state index in [1.807, 2.05) is 6.92 Å². The predicted molar refractivity (Wildman–Crippen MR) is 37.1 cm³/mol. The van der Waals surface area contributed by atoms with Crippen LogP contribution in [0.5, 0.6) is 0 Å². The molecule has 0 rings (SSSR count). The fourth-order valence-corrected chi connectivity index (χ4v) is 0.806. The first-order valence-corrected chi connectivity index (χ1v) is 3.19. The zero-order valence-corrected chi connectivity index (χ0v) is 6.18. The Morgan fingerprint density at radius 3 is 2.56 bits per heavy atom.